The van der Waals surface area contributed by atoms with Crippen molar-refractivity contribution < 1.29 is 9.53 Å². The summed E-state index contributed by atoms with van der Waals surface area (Å²) in [5, 5.41) is 0. The van der Waals surface area contributed by atoms with Crippen LogP contribution in [0.2, 0.25) is 0 Å². The van der Waals surface area contributed by atoms with E-state index in [-0.39, 0.29) is 11.4 Å². The maximum atomic E-state index is 12.9. The summed E-state index contributed by atoms with van der Waals surface area (Å²) >= 11 is 0. The number of allylic oxidation sites excluding steroid dienone is 1. The summed E-state index contributed by atoms with van der Waals surface area (Å²) in [5.74, 6) is 3.28. The second kappa shape index (κ2) is 4.47. The van der Waals surface area contributed by atoms with E-state index in [1.807, 2.05) is 12.1 Å². The molecule has 22 heavy (non-hydrogen) atoms. The van der Waals surface area contributed by atoms with E-state index in [4.69, 9.17) is 4.74 Å². The molecule has 2 nitrogen and oxygen atoms in total. The monoisotopic (exact) mass is 294 g/mol. The number of hydrogen-bond donors (Lipinski definition) is 0. The van der Waals surface area contributed by atoms with Gasteiger partial charge < -0.3 is 4.74 Å². The molecule has 1 aromatic rings. The van der Waals surface area contributed by atoms with Gasteiger partial charge in [-0.15, -0.1) is 0 Å². The molecular weight excluding hydrogens is 272 g/mol. The highest BCUT2D eigenvalue weighted by molar-refractivity contribution is 5.80. The first-order valence-electron chi connectivity index (χ1n) is 8.71. The minimum atomic E-state index is -0.148. The molecule has 0 amide bonds. The zero-order valence-corrected chi connectivity index (χ0v) is 12.9. The van der Waals surface area contributed by atoms with Gasteiger partial charge in [0.2, 0.25) is 0 Å². The van der Waals surface area contributed by atoms with Gasteiger partial charge in [0.25, 0.3) is 0 Å². The van der Waals surface area contributed by atoms with Crippen LogP contribution in [-0.4, -0.2) is 5.97 Å². The van der Waals surface area contributed by atoms with Crippen molar-refractivity contribution in [2.75, 3.05) is 0 Å². The van der Waals surface area contributed by atoms with E-state index in [9.17, 15) is 4.79 Å². The molecule has 0 heterocycles. The van der Waals surface area contributed by atoms with E-state index in [1.165, 1.54) is 30.4 Å². The molecule has 5 aliphatic rings. The molecule has 0 spiro atoms. The van der Waals surface area contributed by atoms with Crippen molar-refractivity contribution in [3.8, 4) is 0 Å². The Morgan fingerprint density at radius 3 is 2.27 bits per heavy atom. The van der Waals surface area contributed by atoms with E-state index in [0.717, 1.165) is 49.2 Å². The highest BCUT2D eigenvalue weighted by Crippen LogP contribution is 2.60. The van der Waals surface area contributed by atoms with Crippen LogP contribution >= 0.6 is 0 Å². The fourth-order valence-electron chi connectivity index (χ4n) is 5.90. The van der Waals surface area contributed by atoms with E-state index >= 15 is 0 Å². The van der Waals surface area contributed by atoms with Gasteiger partial charge in [-0.05, 0) is 73.5 Å². The van der Waals surface area contributed by atoms with Gasteiger partial charge in [0, 0.05) is 6.42 Å². The normalized spacial score (nSPS) is 37.8. The van der Waals surface area contributed by atoms with Crippen LogP contribution < -0.4 is 0 Å². The Balaban J connectivity index is 1.36. The predicted octanol–water partition coefficient (Wildman–Crippen LogP) is 4.34. The highest BCUT2D eigenvalue weighted by atomic mass is 16.5. The second-order valence-corrected chi connectivity index (χ2v) is 8.07. The molecule has 114 valence electrons. The van der Waals surface area contributed by atoms with Crippen LogP contribution in [0.1, 0.15) is 49.7 Å². The van der Waals surface area contributed by atoms with Crippen molar-refractivity contribution in [2.45, 2.75) is 44.9 Å². The highest BCUT2D eigenvalue weighted by Gasteiger charge is 2.55. The van der Waals surface area contributed by atoms with Crippen molar-refractivity contribution in [2.24, 2.45) is 23.2 Å². The molecule has 0 saturated heterocycles. The Bertz CT molecular complexity index is 635. The predicted molar refractivity (Wildman–Crippen MR) is 84.8 cm³/mol. The first-order chi connectivity index (χ1) is 10.7. The van der Waals surface area contributed by atoms with Crippen LogP contribution in [0.15, 0.2) is 30.0 Å². The maximum Gasteiger partial charge on any atom is 0.317 e. The van der Waals surface area contributed by atoms with Gasteiger partial charge in [-0.2, -0.15) is 0 Å². The van der Waals surface area contributed by atoms with Crippen LogP contribution in [-0.2, 0) is 16.0 Å². The Kier molecular flexibility index (Phi) is 2.62. The van der Waals surface area contributed by atoms with Gasteiger partial charge in [-0.3, -0.25) is 4.79 Å². The van der Waals surface area contributed by atoms with Crippen LogP contribution in [0.3, 0.4) is 0 Å². The third kappa shape index (κ3) is 1.89. The maximum absolute atomic E-state index is 12.9. The van der Waals surface area contributed by atoms with E-state index in [0.29, 0.717) is 0 Å². The standard InChI is InChI=1S/C20H22O2/c21-19(22-18-8-16-3-1-2-4-17(16)9-18)20-10-13-5-14(11-20)7-15(6-13)12-20/h1-4,8,13-15H,5-7,9-12H2. The molecule has 2 heteroatoms. The molecule has 0 N–H and O–H groups in total. The van der Waals surface area contributed by atoms with Gasteiger partial charge in [0.15, 0.2) is 0 Å². The summed E-state index contributed by atoms with van der Waals surface area (Å²) < 4.78 is 5.90. The molecule has 4 fully saturated rings. The number of rotatable bonds is 2. The number of esters is 1. The van der Waals surface area contributed by atoms with Gasteiger partial charge in [0.05, 0.1) is 5.41 Å². The van der Waals surface area contributed by atoms with E-state index in [1.54, 1.807) is 0 Å². The smallest absolute Gasteiger partial charge is 0.317 e. The SMILES string of the molecule is O=C(OC1=Cc2ccccc2C1)C12CC3CC(CC(C3)C1)C2. The molecule has 4 bridgehead atoms. The quantitative estimate of drug-likeness (QED) is 0.758. The number of hydrogen-bond acceptors (Lipinski definition) is 2. The number of carbonyl (C=O) groups excluding carboxylic acids is 1. The third-order valence-corrected chi connectivity index (χ3v) is 6.43. The molecule has 0 aromatic heterocycles. The lowest BCUT2D eigenvalue weighted by Gasteiger charge is -2.55. The topological polar surface area (TPSA) is 26.3 Å². The first kappa shape index (κ1) is 12.9. The number of benzene rings is 1. The first-order valence-corrected chi connectivity index (χ1v) is 8.71. The molecule has 4 saturated carbocycles. The van der Waals surface area contributed by atoms with E-state index < -0.39 is 0 Å². The number of carbonyl (C=O) groups is 1. The lowest BCUT2D eigenvalue weighted by atomic mass is 9.49. The third-order valence-electron chi connectivity index (χ3n) is 6.43. The lowest BCUT2D eigenvalue weighted by Crippen LogP contribution is -2.50. The zero-order valence-electron chi connectivity index (χ0n) is 12.9. The van der Waals surface area contributed by atoms with Crippen molar-refractivity contribution in [1.82, 2.24) is 0 Å². The average molecular weight is 294 g/mol. The largest absolute Gasteiger partial charge is 0.430 e. The van der Waals surface area contributed by atoms with Crippen LogP contribution in [0.4, 0.5) is 0 Å². The Morgan fingerprint density at radius 2 is 1.64 bits per heavy atom. The average Bonchev–Trinajstić information content (AvgIpc) is 2.88. The van der Waals surface area contributed by atoms with Gasteiger partial charge in [-0.1, -0.05) is 24.3 Å². The second-order valence-electron chi connectivity index (χ2n) is 8.07. The molecular formula is C20H22O2. The summed E-state index contributed by atoms with van der Waals surface area (Å²) in [6.45, 7) is 0. The van der Waals surface area contributed by atoms with Gasteiger partial charge >= 0.3 is 5.97 Å². The summed E-state index contributed by atoms with van der Waals surface area (Å²) in [7, 11) is 0. The van der Waals surface area contributed by atoms with Gasteiger partial charge in [-0.25, -0.2) is 0 Å². The molecule has 1 aromatic carbocycles. The fourth-order valence-corrected chi connectivity index (χ4v) is 5.90. The zero-order chi connectivity index (χ0) is 14.7. The minimum Gasteiger partial charge on any atom is -0.430 e. The van der Waals surface area contributed by atoms with Crippen LogP contribution in [0.25, 0.3) is 6.08 Å². The summed E-state index contributed by atoms with van der Waals surface area (Å²) in [6, 6.07) is 8.31. The number of fused-ring (bicyclic) bond motifs is 1. The van der Waals surface area contributed by atoms with Crippen LogP contribution in [0, 0.1) is 23.2 Å². The Labute approximate surface area is 131 Å². The summed E-state index contributed by atoms with van der Waals surface area (Å²) in [5.41, 5.74) is 2.33. The minimum absolute atomic E-state index is 0.0747. The summed E-state index contributed by atoms with van der Waals surface area (Å²) in [6.07, 6.45) is 10.2. The fraction of sp³-hybridized carbons (Fsp3) is 0.550. The lowest BCUT2D eigenvalue weighted by molar-refractivity contribution is -0.167. The van der Waals surface area contributed by atoms with Gasteiger partial charge in [0.1, 0.15) is 5.76 Å². The Hall–Kier alpha value is -1.57. The summed E-state index contributed by atoms with van der Waals surface area (Å²) in [4.78, 5) is 12.9. The van der Waals surface area contributed by atoms with Crippen molar-refractivity contribution in [3.63, 3.8) is 0 Å². The molecule has 6 rings (SSSR count). The molecule has 0 radical (unpaired) electrons. The molecule has 0 aliphatic heterocycles. The Morgan fingerprint density at radius 1 is 1.00 bits per heavy atom. The molecule has 0 atom stereocenters. The van der Waals surface area contributed by atoms with E-state index in [2.05, 4.69) is 18.2 Å². The van der Waals surface area contributed by atoms with Crippen molar-refractivity contribution >= 4 is 12.0 Å². The van der Waals surface area contributed by atoms with Crippen molar-refractivity contribution in [1.29, 1.82) is 0 Å². The number of ether oxygens (including phenoxy) is 1. The van der Waals surface area contributed by atoms with Crippen LogP contribution in [0.5, 0.6) is 0 Å². The van der Waals surface area contributed by atoms with Crippen molar-refractivity contribution in [3.05, 3.63) is 41.2 Å². The molecule has 0 unspecified atom stereocenters. The molecule has 5 aliphatic carbocycles.